The molecule has 6 nitrogen and oxygen atoms in total. The number of benzene rings is 1. The van der Waals surface area contributed by atoms with Gasteiger partial charge in [0.15, 0.2) is 11.4 Å². The van der Waals surface area contributed by atoms with E-state index < -0.39 is 5.54 Å². The minimum Gasteiger partial charge on any atom is -0.489 e. The number of nitrogens with one attached hydrogen (secondary N) is 1. The summed E-state index contributed by atoms with van der Waals surface area (Å²) in [5, 5.41) is 7.17. The number of aromatic nitrogens is 2. The van der Waals surface area contributed by atoms with Crippen molar-refractivity contribution in [2.45, 2.75) is 32.7 Å². The maximum atomic E-state index is 12.4. The molecular weight excluding hydrogens is 328 g/mol. The summed E-state index contributed by atoms with van der Waals surface area (Å²) >= 11 is 0. The quantitative estimate of drug-likeness (QED) is 0.802. The highest BCUT2D eigenvalue weighted by molar-refractivity contribution is 5.95. The number of carbonyl (C=O) groups excluding carboxylic acids is 1. The van der Waals surface area contributed by atoms with E-state index in [4.69, 9.17) is 10.5 Å². The van der Waals surface area contributed by atoms with E-state index in [2.05, 4.69) is 10.4 Å². The van der Waals surface area contributed by atoms with E-state index in [0.29, 0.717) is 18.9 Å². The lowest BCUT2D eigenvalue weighted by atomic mass is 10.1. The molecule has 1 amide bonds. The molecular formula is C17H25ClN4O2. The number of amides is 1. The highest BCUT2D eigenvalue weighted by Crippen LogP contribution is 2.20. The van der Waals surface area contributed by atoms with Crippen LogP contribution < -0.4 is 15.8 Å². The van der Waals surface area contributed by atoms with Crippen LogP contribution in [0.15, 0.2) is 36.5 Å². The van der Waals surface area contributed by atoms with Gasteiger partial charge in [0.2, 0.25) is 0 Å². The van der Waals surface area contributed by atoms with Gasteiger partial charge in [0, 0.05) is 12.1 Å². The van der Waals surface area contributed by atoms with E-state index >= 15 is 0 Å². The van der Waals surface area contributed by atoms with Crippen molar-refractivity contribution in [1.82, 2.24) is 15.1 Å². The lowest BCUT2D eigenvalue weighted by Gasteiger charge is -2.18. The highest BCUT2D eigenvalue weighted by atomic mass is 35.5. The molecule has 0 fully saturated rings. The number of ether oxygens (including phenoxy) is 1. The molecule has 3 N–H and O–H groups in total. The van der Waals surface area contributed by atoms with Gasteiger partial charge in [-0.1, -0.05) is 25.1 Å². The normalized spacial score (nSPS) is 10.8. The summed E-state index contributed by atoms with van der Waals surface area (Å²) < 4.78 is 7.31. The standard InChI is InChI=1S/C17H24N4O2.ClH/c1-4-10-23-14-11-21(13-8-6-5-7-9-13)20-15(14)16(22)19-12-17(2,3)18;/h5-9,11H,4,10,12,18H2,1-3H3,(H,19,22);1H. The lowest BCUT2D eigenvalue weighted by Crippen LogP contribution is -2.45. The predicted octanol–water partition coefficient (Wildman–Crippen LogP) is 2.55. The van der Waals surface area contributed by atoms with Crippen LogP contribution in [0.1, 0.15) is 37.7 Å². The summed E-state index contributed by atoms with van der Waals surface area (Å²) in [7, 11) is 0. The van der Waals surface area contributed by atoms with Crippen molar-refractivity contribution >= 4 is 18.3 Å². The maximum Gasteiger partial charge on any atom is 0.275 e. The largest absolute Gasteiger partial charge is 0.489 e. The summed E-state index contributed by atoms with van der Waals surface area (Å²) in [6.07, 6.45) is 2.58. The SMILES string of the molecule is CCCOc1cn(-c2ccccc2)nc1C(=O)NCC(C)(C)N.Cl. The second kappa shape index (κ2) is 8.70. The topological polar surface area (TPSA) is 82.2 Å². The number of nitrogens with two attached hydrogens (primary N) is 1. The minimum atomic E-state index is -0.484. The number of hydrogen-bond acceptors (Lipinski definition) is 4. The van der Waals surface area contributed by atoms with Gasteiger partial charge in [-0.25, -0.2) is 4.68 Å². The van der Waals surface area contributed by atoms with Crippen LogP contribution in [0.25, 0.3) is 5.69 Å². The molecule has 24 heavy (non-hydrogen) atoms. The smallest absolute Gasteiger partial charge is 0.275 e. The van der Waals surface area contributed by atoms with E-state index in [0.717, 1.165) is 12.1 Å². The first kappa shape index (κ1) is 20.0. The fraction of sp³-hybridized carbons (Fsp3) is 0.412. The van der Waals surface area contributed by atoms with Gasteiger partial charge >= 0.3 is 0 Å². The van der Waals surface area contributed by atoms with Crippen molar-refractivity contribution in [3.63, 3.8) is 0 Å². The van der Waals surface area contributed by atoms with Crippen molar-refractivity contribution < 1.29 is 9.53 Å². The third-order valence-corrected chi connectivity index (χ3v) is 3.08. The zero-order chi connectivity index (χ0) is 16.9. The first-order chi connectivity index (χ1) is 10.9. The maximum absolute atomic E-state index is 12.4. The van der Waals surface area contributed by atoms with Gasteiger partial charge in [0.25, 0.3) is 5.91 Å². The molecule has 0 bridgehead atoms. The molecule has 2 rings (SSSR count). The first-order valence-electron chi connectivity index (χ1n) is 7.75. The molecule has 0 aliphatic rings. The zero-order valence-electron chi connectivity index (χ0n) is 14.3. The second-order valence-corrected chi connectivity index (χ2v) is 6.14. The fourth-order valence-corrected chi connectivity index (χ4v) is 1.94. The Kier molecular flexibility index (Phi) is 7.25. The van der Waals surface area contributed by atoms with E-state index in [9.17, 15) is 4.79 Å². The second-order valence-electron chi connectivity index (χ2n) is 6.14. The Balaban J connectivity index is 0.00000288. The predicted molar refractivity (Wildman–Crippen MR) is 97.2 cm³/mol. The number of rotatable bonds is 7. The first-order valence-corrected chi connectivity index (χ1v) is 7.75. The van der Waals surface area contributed by atoms with Crippen molar-refractivity contribution in [3.8, 4) is 11.4 Å². The van der Waals surface area contributed by atoms with Gasteiger partial charge in [-0.3, -0.25) is 4.79 Å². The van der Waals surface area contributed by atoms with Gasteiger partial charge in [0.1, 0.15) is 0 Å². The molecule has 1 aromatic heterocycles. The van der Waals surface area contributed by atoms with Crippen LogP contribution in [0.3, 0.4) is 0 Å². The average Bonchev–Trinajstić information content (AvgIpc) is 2.95. The van der Waals surface area contributed by atoms with Gasteiger partial charge in [-0.15, -0.1) is 12.4 Å². The third kappa shape index (κ3) is 5.54. The van der Waals surface area contributed by atoms with Gasteiger partial charge < -0.3 is 15.8 Å². The van der Waals surface area contributed by atoms with Crippen LogP contribution in [0.2, 0.25) is 0 Å². The Hall–Kier alpha value is -2.05. The zero-order valence-corrected chi connectivity index (χ0v) is 15.1. The minimum absolute atomic E-state index is 0. The molecule has 1 aromatic carbocycles. The Bertz CT molecular complexity index is 650. The van der Waals surface area contributed by atoms with Crippen LogP contribution in [0.4, 0.5) is 0 Å². The Morgan fingerprint density at radius 1 is 1.33 bits per heavy atom. The molecule has 0 unspecified atom stereocenters. The number of carbonyl (C=O) groups is 1. The van der Waals surface area contributed by atoms with E-state index in [1.807, 2.05) is 51.1 Å². The van der Waals surface area contributed by atoms with Gasteiger partial charge in [-0.05, 0) is 32.4 Å². The van der Waals surface area contributed by atoms with Crippen LogP contribution in [-0.4, -0.2) is 34.4 Å². The lowest BCUT2D eigenvalue weighted by molar-refractivity contribution is 0.0936. The van der Waals surface area contributed by atoms with Crippen molar-refractivity contribution in [2.75, 3.05) is 13.2 Å². The highest BCUT2D eigenvalue weighted by Gasteiger charge is 2.21. The van der Waals surface area contributed by atoms with E-state index in [1.54, 1.807) is 10.9 Å². The van der Waals surface area contributed by atoms with E-state index in [-0.39, 0.29) is 24.0 Å². The summed E-state index contributed by atoms with van der Waals surface area (Å²) in [6, 6.07) is 9.60. The summed E-state index contributed by atoms with van der Waals surface area (Å²) in [4.78, 5) is 12.4. The summed E-state index contributed by atoms with van der Waals surface area (Å²) in [5.41, 5.74) is 6.56. The molecule has 0 radical (unpaired) electrons. The molecule has 0 saturated carbocycles. The molecule has 0 atom stereocenters. The molecule has 7 heteroatoms. The van der Waals surface area contributed by atoms with E-state index in [1.165, 1.54) is 0 Å². The van der Waals surface area contributed by atoms with Gasteiger partial charge in [0.05, 0.1) is 18.5 Å². The monoisotopic (exact) mass is 352 g/mol. The molecule has 2 aromatic rings. The van der Waals surface area contributed by atoms with Crippen LogP contribution >= 0.6 is 12.4 Å². The van der Waals surface area contributed by atoms with Gasteiger partial charge in [-0.2, -0.15) is 5.10 Å². The third-order valence-electron chi connectivity index (χ3n) is 3.08. The Morgan fingerprint density at radius 2 is 2.00 bits per heavy atom. The van der Waals surface area contributed by atoms with Crippen LogP contribution in [0, 0.1) is 0 Å². The number of hydrogen-bond donors (Lipinski definition) is 2. The average molecular weight is 353 g/mol. The molecule has 0 aliphatic carbocycles. The van der Waals surface area contributed by atoms with Crippen LogP contribution in [0.5, 0.6) is 5.75 Å². The Labute approximate surface area is 148 Å². The van der Waals surface area contributed by atoms with Crippen molar-refractivity contribution in [2.24, 2.45) is 5.73 Å². The van der Waals surface area contributed by atoms with Crippen molar-refractivity contribution in [3.05, 3.63) is 42.2 Å². The summed E-state index contributed by atoms with van der Waals surface area (Å²) in [6.45, 7) is 6.60. The molecule has 1 heterocycles. The molecule has 0 aliphatic heterocycles. The molecule has 0 spiro atoms. The number of halogens is 1. The molecule has 132 valence electrons. The number of nitrogens with zero attached hydrogens (tertiary/aromatic N) is 2. The molecule has 0 saturated heterocycles. The Morgan fingerprint density at radius 3 is 2.58 bits per heavy atom. The fourth-order valence-electron chi connectivity index (χ4n) is 1.94. The van der Waals surface area contributed by atoms with Crippen molar-refractivity contribution in [1.29, 1.82) is 0 Å². The number of para-hydroxylation sites is 1. The summed E-state index contributed by atoms with van der Waals surface area (Å²) in [5.74, 6) is 0.187. The van der Waals surface area contributed by atoms with Crippen LogP contribution in [-0.2, 0) is 0 Å².